The number of pyridine rings is 1. The van der Waals surface area contributed by atoms with Crippen LogP contribution in [0.2, 0.25) is 0 Å². The quantitative estimate of drug-likeness (QED) is 0.829. The lowest BCUT2D eigenvalue weighted by molar-refractivity contribution is -0.140. The Labute approximate surface area is 152 Å². The van der Waals surface area contributed by atoms with E-state index >= 15 is 0 Å². The first-order valence-electron chi connectivity index (χ1n) is 9.12. The predicted octanol–water partition coefficient (Wildman–Crippen LogP) is 1.35. The summed E-state index contributed by atoms with van der Waals surface area (Å²) in [5.41, 5.74) is 2.24. The average molecular weight is 356 g/mol. The van der Waals surface area contributed by atoms with Crippen LogP contribution < -0.4 is 0 Å². The third-order valence-electron chi connectivity index (χ3n) is 5.53. The van der Waals surface area contributed by atoms with Crippen LogP contribution in [0.5, 0.6) is 0 Å². The van der Waals surface area contributed by atoms with Gasteiger partial charge in [-0.15, -0.1) is 0 Å². The lowest BCUT2D eigenvalue weighted by atomic mass is 9.94. The zero-order valence-corrected chi connectivity index (χ0v) is 15.2. The van der Waals surface area contributed by atoms with Gasteiger partial charge in [0.05, 0.1) is 12.5 Å². The van der Waals surface area contributed by atoms with Gasteiger partial charge in [0.25, 0.3) is 5.91 Å². The molecular formula is C19H24N4O3. The van der Waals surface area contributed by atoms with Gasteiger partial charge in [0.15, 0.2) is 0 Å². The van der Waals surface area contributed by atoms with Crippen molar-refractivity contribution in [2.45, 2.75) is 25.8 Å². The van der Waals surface area contributed by atoms with Crippen molar-refractivity contribution >= 4 is 17.5 Å². The largest absolute Gasteiger partial charge is 0.383 e. The van der Waals surface area contributed by atoms with Gasteiger partial charge in [-0.3, -0.25) is 9.59 Å². The van der Waals surface area contributed by atoms with Gasteiger partial charge in [0.2, 0.25) is 5.91 Å². The molecule has 3 aliphatic heterocycles. The second-order valence-electron chi connectivity index (χ2n) is 7.18. The first kappa shape index (κ1) is 17.0. The number of nitrogens with zero attached hydrogens (tertiary/aromatic N) is 4. The summed E-state index contributed by atoms with van der Waals surface area (Å²) < 4.78 is 7.07. The van der Waals surface area contributed by atoms with Crippen LogP contribution >= 0.6 is 0 Å². The Bertz CT molecular complexity index is 846. The smallest absolute Gasteiger partial charge is 0.274 e. The molecular weight excluding hydrogens is 332 g/mol. The molecule has 5 heterocycles. The van der Waals surface area contributed by atoms with Crippen LogP contribution in [0.3, 0.4) is 0 Å². The van der Waals surface area contributed by atoms with Crippen molar-refractivity contribution in [1.82, 2.24) is 19.2 Å². The van der Waals surface area contributed by atoms with Crippen LogP contribution in [0.25, 0.3) is 5.65 Å². The Morgan fingerprint density at radius 1 is 1.31 bits per heavy atom. The fraction of sp³-hybridized carbons (Fsp3) is 0.526. The maximum Gasteiger partial charge on any atom is 0.274 e. The Kier molecular flexibility index (Phi) is 4.40. The van der Waals surface area contributed by atoms with Crippen molar-refractivity contribution in [2.24, 2.45) is 5.92 Å². The Balaban J connectivity index is 1.58. The molecule has 26 heavy (non-hydrogen) atoms. The van der Waals surface area contributed by atoms with Crippen LogP contribution in [-0.4, -0.2) is 70.4 Å². The highest BCUT2D eigenvalue weighted by atomic mass is 16.5. The van der Waals surface area contributed by atoms with E-state index in [0.717, 1.165) is 24.2 Å². The summed E-state index contributed by atoms with van der Waals surface area (Å²) in [5, 5.41) is 0. The Morgan fingerprint density at radius 3 is 2.92 bits per heavy atom. The number of imidazole rings is 1. The van der Waals surface area contributed by atoms with Gasteiger partial charge in [0, 0.05) is 44.7 Å². The highest BCUT2D eigenvalue weighted by molar-refractivity contribution is 5.94. The molecule has 0 aliphatic carbocycles. The molecule has 0 aromatic carbocycles. The van der Waals surface area contributed by atoms with Gasteiger partial charge >= 0.3 is 0 Å². The van der Waals surface area contributed by atoms with Gasteiger partial charge in [-0.05, 0) is 31.9 Å². The molecule has 5 rings (SSSR count). The second kappa shape index (κ2) is 6.72. The maximum atomic E-state index is 13.1. The average Bonchev–Trinajstić information content (AvgIpc) is 2.90. The number of ether oxygens (including phenoxy) is 1. The van der Waals surface area contributed by atoms with Crippen molar-refractivity contribution in [2.75, 3.05) is 33.4 Å². The molecule has 3 fully saturated rings. The number of carbonyl (C=O) groups excluding carboxylic acids is 2. The van der Waals surface area contributed by atoms with Crippen molar-refractivity contribution in [1.29, 1.82) is 0 Å². The summed E-state index contributed by atoms with van der Waals surface area (Å²) in [4.78, 5) is 34.0. The molecule has 0 unspecified atom stereocenters. The number of carbonyl (C=O) groups is 2. The summed E-state index contributed by atoms with van der Waals surface area (Å²) in [6, 6.07) is 5.89. The number of aromatic nitrogens is 2. The van der Waals surface area contributed by atoms with Crippen molar-refractivity contribution in [3.63, 3.8) is 0 Å². The SMILES string of the molecule is COCCN1C(=O)[C@@H]2CC[C@H]1CN(C(=O)c1cn3c(C)cccc3n1)C2. The first-order chi connectivity index (χ1) is 12.6. The summed E-state index contributed by atoms with van der Waals surface area (Å²) in [6.07, 6.45) is 3.58. The number of hydrogen-bond donors (Lipinski definition) is 0. The second-order valence-corrected chi connectivity index (χ2v) is 7.18. The molecule has 2 aromatic heterocycles. The zero-order valence-electron chi connectivity index (χ0n) is 15.2. The topological polar surface area (TPSA) is 67.2 Å². The summed E-state index contributed by atoms with van der Waals surface area (Å²) in [5.74, 6) is -0.0563. The van der Waals surface area contributed by atoms with Gasteiger partial charge < -0.3 is 18.9 Å². The molecule has 0 saturated carbocycles. The highest BCUT2D eigenvalue weighted by Crippen LogP contribution is 2.29. The molecule has 0 radical (unpaired) electrons. The number of aryl methyl sites for hydroxylation is 1. The zero-order chi connectivity index (χ0) is 18.3. The predicted molar refractivity (Wildman–Crippen MR) is 95.9 cm³/mol. The monoisotopic (exact) mass is 356 g/mol. The molecule has 7 heteroatoms. The summed E-state index contributed by atoms with van der Waals surface area (Å²) >= 11 is 0. The first-order valence-corrected chi connectivity index (χ1v) is 9.12. The van der Waals surface area contributed by atoms with Gasteiger partial charge in [0.1, 0.15) is 11.3 Å². The van der Waals surface area contributed by atoms with Crippen molar-refractivity contribution < 1.29 is 14.3 Å². The van der Waals surface area contributed by atoms with Crippen LogP contribution in [-0.2, 0) is 9.53 Å². The van der Waals surface area contributed by atoms with Crippen molar-refractivity contribution in [3.05, 3.63) is 35.8 Å². The lowest BCUT2D eigenvalue weighted by Gasteiger charge is -2.35. The molecule has 2 atom stereocenters. The minimum Gasteiger partial charge on any atom is -0.383 e. The van der Waals surface area contributed by atoms with Gasteiger partial charge in [-0.25, -0.2) is 4.98 Å². The van der Waals surface area contributed by atoms with Gasteiger partial charge in [-0.1, -0.05) is 6.07 Å². The molecule has 2 bridgehead atoms. The number of rotatable bonds is 4. The molecule has 0 spiro atoms. The standard InChI is InChI=1S/C19H24N4O3/c1-13-4-3-5-17-20-16(12-23(13)17)19(25)21-10-14-6-7-15(11-21)22(18(14)24)8-9-26-2/h3-5,12,14-15H,6-11H2,1-2H3/t14-,15+/m1/s1. The van der Waals surface area contributed by atoms with E-state index in [2.05, 4.69) is 4.98 Å². The number of fused-ring (bicyclic) bond motifs is 5. The van der Waals surface area contributed by atoms with E-state index in [1.165, 1.54) is 0 Å². The fourth-order valence-corrected chi connectivity index (χ4v) is 4.10. The van der Waals surface area contributed by atoms with Gasteiger partial charge in [-0.2, -0.15) is 0 Å². The molecule has 2 aromatic rings. The third-order valence-corrected chi connectivity index (χ3v) is 5.53. The Morgan fingerprint density at radius 2 is 2.15 bits per heavy atom. The highest BCUT2D eigenvalue weighted by Gasteiger charge is 2.42. The molecule has 0 N–H and O–H groups in total. The fourth-order valence-electron chi connectivity index (χ4n) is 4.10. The molecule has 7 nitrogen and oxygen atoms in total. The van der Waals surface area contributed by atoms with E-state index in [-0.39, 0.29) is 23.8 Å². The minimum atomic E-state index is -0.117. The van der Waals surface area contributed by atoms with E-state index in [9.17, 15) is 9.59 Å². The number of hydrogen-bond acceptors (Lipinski definition) is 4. The molecule has 3 saturated heterocycles. The van der Waals surface area contributed by atoms with E-state index < -0.39 is 0 Å². The van der Waals surface area contributed by atoms with Crippen molar-refractivity contribution in [3.8, 4) is 0 Å². The normalized spacial score (nSPS) is 22.9. The number of amides is 2. The van der Waals surface area contributed by atoms with E-state index in [0.29, 0.717) is 31.9 Å². The van der Waals surface area contributed by atoms with E-state index in [4.69, 9.17) is 4.74 Å². The summed E-state index contributed by atoms with van der Waals surface area (Å²) in [6.45, 7) is 4.14. The van der Waals surface area contributed by atoms with Crippen LogP contribution in [0, 0.1) is 12.8 Å². The number of piperidine rings is 1. The minimum absolute atomic E-state index is 0.0686. The van der Waals surface area contributed by atoms with Crippen LogP contribution in [0.1, 0.15) is 29.0 Å². The lowest BCUT2D eigenvalue weighted by Crippen LogP contribution is -2.49. The molecule has 2 amide bonds. The van der Waals surface area contributed by atoms with Crippen LogP contribution in [0.15, 0.2) is 24.4 Å². The third kappa shape index (κ3) is 2.86. The van der Waals surface area contributed by atoms with Crippen LogP contribution in [0.4, 0.5) is 0 Å². The van der Waals surface area contributed by atoms with E-state index in [1.54, 1.807) is 13.3 Å². The van der Waals surface area contributed by atoms with E-state index in [1.807, 2.05) is 39.3 Å². The number of methoxy groups -OCH3 is 1. The Hall–Kier alpha value is -2.41. The maximum absolute atomic E-state index is 13.1. The molecule has 138 valence electrons. The summed E-state index contributed by atoms with van der Waals surface area (Å²) in [7, 11) is 1.64. The molecule has 3 aliphatic rings.